The number of aliphatic hydroxyl groups is 1. The van der Waals surface area contributed by atoms with Gasteiger partial charge in [0.15, 0.2) is 5.82 Å². The molecule has 0 radical (unpaired) electrons. The Labute approximate surface area is 181 Å². The topological polar surface area (TPSA) is 120 Å². The van der Waals surface area contributed by atoms with Gasteiger partial charge in [-0.3, -0.25) is 4.40 Å². The summed E-state index contributed by atoms with van der Waals surface area (Å²) in [7, 11) is 1.61. The molecule has 0 atom stereocenters. The number of nitrogens with zero attached hydrogens (tertiary/aromatic N) is 9. The molecule has 5 aromatic rings. The second kappa shape index (κ2) is 7.24. The van der Waals surface area contributed by atoms with Crippen molar-refractivity contribution in [3.05, 3.63) is 60.4 Å². The van der Waals surface area contributed by atoms with Gasteiger partial charge in [0, 0.05) is 18.0 Å². The van der Waals surface area contributed by atoms with Crippen LogP contribution in [0, 0.1) is 5.82 Å². The third kappa shape index (κ3) is 3.48. The maximum absolute atomic E-state index is 14.4. The Hall–Kier alpha value is -4.12. The van der Waals surface area contributed by atoms with E-state index in [4.69, 9.17) is 0 Å². The molecule has 0 bridgehead atoms. The summed E-state index contributed by atoms with van der Waals surface area (Å²) in [5.74, 6) is 0.563. The van der Waals surface area contributed by atoms with E-state index < -0.39 is 11.4 Å². The second-order valence-electron chi connectivity index (χ2n) is 7.75. The average molecular weight is 431 g/mol. The summed E-state index contributed by atoms with van der Waals surface area (Å²) >= 11 is 0. The first-order valence-electron chi connectivity index (χ1n) is 9.74. The molecule has 0 aliphatic carbocycles. The van der Waals surface area contributed by atoms with E-state index in [0.717, 1.165) is 0 Å². The number of halogens is 1. The average Bonchev–Trinajstić information content (AvgIpc) is 3.39. The molecule has 10 nitrogen and oxygen atoms in total. The van der Waals surface area contributed by atoms with Crippen LogP contribution in [0.2, 0.25) is 0 Å². The highest BCUT2D eigenvalue weighted by Crippen LogP contribution is 2.27. The molecule has 4 aromatic heterocycles. The van der Waals surface area contributed by atoms with Crippen molar-refractivity contribution in [1.82, 2.24) is 44.5 Å². The molecule has 32 heavy (non-hydrogen) atoms. The van der Waals surface area contributed by atoms with Crippen LogP contribution in [0.3, 0.4) is 0 Å². The summed E-state index contributed by atoms with van der Waals surface area (Å²) in [6, 6.07) is 8.01. The smallest absolute Gasteiger partial charge is 0.234 e. The number of imidazole rings is 1. The third-order valence-corrected chi connectivity index (χ3v) is 4.90. The van der Waals surface area contributed by atoms with Gasteiger partial charge in [0.25, 0.3) is 0 Å². The van der Waals surface area contributed by atoms with Gasteiger partial charge in [0.05, 0.1) is 35.9 Å². The van der Waals surface area contributed by atoms with Gasteiger partial charge in [-0.1, -0.05) is 0 Å². The van der Waals surface area contributed by atoms with Crippen LogP contribution in [-0.2, 0) is 12.6 Å². The van der Waals surface area contributed by atoms with Crippen LogP contribution in [0.5, 0.6) is 0 Å². The van der Waals surface area contributed by atoms with Crippen molar-refractivity contribution in [1.29, 1.82) is 0 Å². The normalized spacial score (nSPS) is 11.9. The van der Waals surface area contributed by atoms with Crippen molar-refractivity contribution in [3.8, 4) is 34.2 Å². The second-order valence-corrected chi connectivity index (χ2v) is 7.75. The van der Waals surface area contributed by atoms with Gasteiger partial charge in [0.2, 0.25) is 11.6 Å². The molecular weight excluding hydrogens is 413 g/mol. The van der Waals surface area contributed by atoms with Crippen LogP contribution in [0.15, 0.2) is 48.9 Å². The van der Waals surface area contributed by atoms with E-state index in [2.05, 4.69) is 35.3 Å². The Kier molecular flexibility index (Phi) is 4.48. The van der Waals surface area contributed by atoms with Crippen molar-refractivity contribution >= 4 is 5.78 Å². The van der Waals surface area contributed by atoms with Crippen molar-refractivity contribution < 1.29 is 9.50 Å². The summed E-state index contributed by atoms with van der Waals surface area (Å²) in [6.07, 6.45) is 5.07. The lowest BCUT2D eigenvalue weighted by Gasteiger charge is -2.16. The lowest BCUT2D eigenvalue weighted by atomic mass is 10.1. The van der Waals surface area contributed by atoms with Gasteiger partial charge in [-0.25, -0.2) is 24.3 Å². The highest BCUT2D eigenvalue weighted by molar-refractivity contribution is 5.68. The van der Waals surface area contributed by atoms with Crippen LogP contribution in [0.25, 0.3) is 39.9 Å². The molecule has 4 heterocycles. The number of aromatic nitrogens is 9. The molecule has 0 fully saturated rings. The largest absolute Gasteiger partial charge is 0.384 e. The predicted molar refractivity (Wildman–Crippen MR) is 112 cm³/mol. The molecule has 0 amide bonds. The Morgan fingerprint density at radius 2 is 1.88 bits per heavy atom. The fraction of sp³-hybridized carbons (Fsp3) is 0.190. The molecule has 1 aromatic carbocycles. The molecular formula is C21H18FN9O. The van der Waals surface area contributed by atoms with Gasteiger partial charge in [-0.05, 0) is 49.4 Å². The fourth-order valence-corrected chi connectivity index (χ4v) is 3.27. The Morgan fingerprint density at radius 1 is 1.03 bits per heavy atom. The third-order valence-electron chi connectivity index (χ3n) is 4.90. The molecule has 0 spiro atoms. The molecule has 5 rings (SSSR count). The van der Waals surface area contributed by atoms with Crippen LogP contribution >= 0.6 is 0 Å². The maximum atomic E-state index is 14.4. The SMILES string of the molecule is Cn1nnc(-c2cc(-c3nccc(-c4cnc5nc(C(C)(C)O)ccn45)n3)ccc2F)n1. The van der Waals surface area contributed by atoms with Crippen molar-refractivity contribution in [2.24, 2.45) is 7.05 Å². The van der Waals surface area contributed by atoms with Crippen LogP contribution in [0.4, 0.5) is 4.39 Å². The number of aryl methyl sites for hydroxylation is 1. The Balaban J connectivity index is 1.56. The van der Waals surface area contributed by atoms with Crippen LogP contribution < -0.4 is 0 Å². The number of hydrogen-bond acceptors (Lipinski definition) is 8. The van der Waals surface area contributed by atoms with E-state index in [9.17, 15) is 9.50 Å². The van der Waals surface area contributed by atoms with Crippen molar-refractivity contribution in [3.63, 3.8) is 0 Å². The van der Waals surface area contributed by atoms with E-state index in [1.54, 1.807) is 68.2 Å². The lowest BCUT2D eigenvalue weighted by molar-refractivity contribution is 0.0739. The lowest BCUT2D eigenvalue weighted by Crippen LogP contribution is -2.18. The molecule has 0 unspecified atom stereocenters. The molecule has 11 heteroatoms. The zero-order valence-electron chi connectivity index (χ0n) is 17.5. The van der Waals surface area contributed by atoms with Crippen LogP contribution in [-0.4, -0.2) is 49.7 Å². The fourth-order valence-electron chi connectivity index (χ4n) is 3.27. The first-order valence-corrected chi connectivity index (χ1v) is 9.74. The quantitative estimate of drug-likeness (QED) is 0.461. The number of tetrazole rings is 1. The van der Waals surface area contributed by atoms with E-state index in [1.165, 1.54) is 10.9 Å². The van der Waals surface area contributed by atoms with Gasteiger partial charge in [-0.15, -0.1) is 10.2 Å². The van der Waals surface area contributed by atoms with Gasteiger partial charge < -0.3 is 5.11 Å². The minimum absolute atomic E-state index is 0.179. The van der Waals surface area contributed by atoms with E-state index in [1.807, 2.05) is 0 Å². The Bertz CT molecular complexity index is 1450. The summed E-state index contributed by atoms with van der Waals surface area (Å²) in [6.45, 7) is 3.33. The summed E-state index contributed by atoms with van der Waals surface area (Å²) in [4.78, 5) is 19.0. The van der Waals surface area contributed by atoms with Crippen molar-refractivity contribution in [2.75, 3.05) is 0 Å². The van der Waals surface area contributed by atoms with Crippen molar-refractivity contribution in [2.45, 2.75) is 19.4 Å². The highest BCUT2D eigenvalue weighted by Gasteiger charge is 2.20. The first kappa shape index (κ1) is 19.8. The zero-order valence-corrected chi connectivity index (χ0v) is 17.5. The molecule has 0 aliphatic rings. The molecule has 160 valence electrons. The minimum Gasteiger partial charge on any atom is -0.384 e. The number of rotatable bonds is 4. The molecule has 0 saturated carbocycles. The van der Waals surface area contributed by atoms with Gasteiger partial charge >= 0.3 is 0 Å². The minimum atomic E-state index is -1.08. The molecule has 1 N–H and O–H groups in total. The van der Waals surface area contributed by atoms with Crippen LogP contribution in [0.1, 0.15) is 19.5 Å². The zero-order chi connectivity index (χ0) is 22.5. The first-order chi connectivity index (χ1) is 15.3. The number of hydrogen-bond donors (Lipinski definition) is 1. The monoisotopic (exact) mass is 431 g/mol. The van der Waals surface area contributed by atoms with E-state index >= 15 is 0 Å². The molecule has 0 saturated heterocycles. The summed E-state index contributed by atoms with van der Waals surface area (Å²) in [5.41, 5.74) is 1.57. The number of fused-ring (bicyclic) bond motifs is 1. The maximum Gasteiger partial charge on any atom is 0.234 e. The van der Waals surface area contributed by atoms with Gasteiger partial charge in [-0.2, -0.15) is 4.80 Å². The number of benzene rings is 1. The predicted octanol–water partition coefficient (Wildman–Crippen LogP) is 2.41. The molecule has 0 aliphatic heterocycles. The Morgan fingerprint density at radius 3 is 2.62 bits per heavy atom. The van der Waals surface area contributed by atoms with E-state index in [-0.39, 0.29) is 11.4 Å². The van der Waals surface area contributed by atoms with E-state index in [0.29, 0.717) is 34.2 Å². The highest BCUT2D eigenvalue weighted by atomic mass is 19.1. The summed E-state index contributed by atoms with van der Waals surface area (Å²) in [5, 5.41) is 21.9. The van der Waals surface area contributed by atoms with Gasteiger partial charge in [0.1, 0.15) is 11.4 Å². The standard InChI is InChI=1S/C21H18FN9O/c1-21(2,32)17-7-9-31-16(11-24-20(31)26-17)15-6-8-23-18(25-15)12-4-5-14(22)13(10-12)19-27-29-30(3)28-19/h4-11,32H,1-3H3. The summed E-state index contributed by atoms with van der Waals surface area (Å²) < 4.78 is 16.2.